The number of carbonyl (C=O) groups is 3. The molecule has 0 aliphatic rings. The molecule has 0 aromatic rings. The number of carbonyl (C=O) groups excluding carboxylic acids is 3. The Bertz CT molecular complexity index is 2230. The topological polar surface area (TPSA) is 231 Å². The summed E-state index contributed by atoms with van der Waals surface area (Å²) in [6, 6.07) is 0. The number of unbranched alkanes of at least 4 members (excludes halogenated alkanes) is 21. The minimum Gasteiger partial charge on any atom is -0.463 e. The molecule has 0 rings (SSSR count). The molecule has 0 aromatic carbocycles. The second-order valence-electron chi connectivity index (χ2n) is 23.3. The van der Waals surface area contributed by atoms with E-state index in [1.54, 1.807) is 0 Å². The number of aliphatic hydroxyl groups excluding tert-OH is 2. The predicted molar refractivity (Wildman–Crippen MR) is 380 cm³/mol. The maximum absolute atomic E-state index is 12.9. The van der Waals surface area contributed by atoms with Crippen molar-refractivity contribution in [2.75, 3.05) is 39.6 Å². The SMILES string of the molecule is CC/C=C\C/C=C\C/C=C\C/C=C\C/C=C\C/C=C\CCC(=O)OCC(COP(=O)(O)OCC(O)COP(=O)(O)OCC(O)COC(=O)CCCCCCCCC/C=C\C/C=C\C/C=C\C/C=C\C/C=C\CC)OC(=O)CCCCCCCCCCCCCCCCC. The maximum Gasteiger partial charge on any atom is 0.472 e. The first-order valence-electron chi connectivity index (χ1n) is 35.5. The van der Waals surface area contributed by atoms with Crippen molar-refractivity contribution in [1.29, 1.82) is 0 Å². The van der Waals surface area contributed by atoms with Crippen molar-refractivity contribution in [1.82, 2.24) is 0 Å². The lowest BCUT2D eigenvalue weighted by Crippen LogP contribution is -2.30. The second kappa shape index (κ2) is 67.7. The van der Waals surface area contributed by atoms with Gasteiger partial charge < -0.3 is 34.2 Å². The van der Waals surface area contributed by atoms with Crippen molar-refractivity contribution in [3.63, 3.8) is 0 Å². The van der Waals surface area contributed by atoms with Gasteiger partial charge in [-0.05, 0) is 103 Å². The summed E-state index contributed by atoms with van der Waals surface area (Å²) in [5.74, 6) is -1.68. The Hall–Kier alpha value is -4.31. The minimum atomic E-state index is -4.94. The van der Waals surface area contributed by atoms with Crippen LogP contribution >= 0.6 is 15.6 Å². The summed E-state index contributed by atoms with van der Waals surface area (Å²) in [5, 5.41) is 20.6. The minimum absolute atomic E-state index is 0.0437. The van der Waals surface area contributed by atoms with Crippen LogP contribution in [0.3, 0.4) is 0 Å². The molecule has 0 heterocycles. The zero-order valence-electron chi connectivity index (χ0n) is 57.6. The Morgan fingerprint density at radius 3 is 0.968 bits per heavy atom. The first kappa shape index (κ1) is 88.7. The predicted octanol–water partition coefficient (Wildman–Crippen LogP) is 20.0. The van der Waals surface area contributed by atoms with Crippen LogP contribution in [0.2, 0.25) is 0 Å². The average Bonchev–Trinajstić information content (AvgIpc) is 3.19. The van der Waals surface area contributed by atoms with Gasteiger partial charge in [-0.1, -0.05) is 276 Å². The highest BCUT2D eigenvalue weighted by molar-refractivity contribution is 7.47. The van der Waals surface area contributed by atoms with Crippen molar-refractivity contribution >= 4 is 33.6 Å². The molecule has 0 spiro atoms. The third-order valence-electron chi connectivity index (χ3n) is 14.4. The van der Waals surface area contributed by atoms with Crippen molar-refractivity contribution in [2.45, 2.75) is 283 Å². The number of allylic oxidation sites excluding steroid dienone is 22. The monoisotopic (exact) mass is 1340 g/mol. The van der Waals surface area contributed by atoms with Gasteiger partial charge in [0, 0.05) is 19.3 Å². The third kappa shape index (κ3) is 68.9. The Morgan fingerprint density at radius 2 is 0.591 bits per heavy atom. The summed E-state index contributed by atoms with van der Waals surface area (Å²) in [7, 11) is -9.81. The molecule has 0 bridgehead atoms. The highest BCUT2D eigenvalue weighted by Crippen LogP contribution is 2.45. The van der Waals surface area contributed by atoms with E-state index in [4.69, 9.17) is 32.3 Å². The fraction of sp³-hybridized carbons (Fsp3) is 0.667. The lowest BCUT2D eigenvalue weighted by molar-refractivity contribution is -0.161. The normalized spacial score (nSPS) is 15.0. The first-order valence-corrected chi connectivity index (χ1v) is 38.5. The standard InChI is InChI=1S/C75H126O16P2/c1-4-7-10-13-16-19-22-25-28-30-32-33-34-35-37-39-41-43-46-49-52-55-58-61-73(78)85-64-70(76)65-87-92(81,82)88-66-71(77)67-89-93(83,84)90-69-72(91-75(80)63-60-57-54-51-48-45-40-27-24-21-18-15-12-9-6-3)68-86-74(79)62-59-56-53-50-47-44-42-38-36-31-29-26-23-20-17-14-11-8-5-2/h7-8,10-11,16-17,19-20,25-26,28-29,32-33,35-38,44,47,53,56,70-72,76-77H,4-6,9,12-15,18,21-24,27,30-31,34,39-43,45-46,48-52,54-55,57-69H2,1-3H3,(H,81,82)(H,83,84)/b10-7-,11-8-,19-16-,20-17-,28-25-,29-26-,33-32-,37-35-,38-36-,47-44-,56-53-. The van der Waals surface area contributed by atoms with E-state index in [2.05, 4.69) is 136 Å². The second-order valence-corrected chi connectivity index (χ2v) is 26.2. The van der Waals surface area contributed by atoms with Gasteiger partial charge in [-0.25, -0.2) is 9.13 Å². The van der Waals surface area contributed by atoms with Gasteiger partial charge in [0.05, 0.1) is 26.4 Å². The van der Waals surface area contributed by atoms with E-state index in [9.17, 15) is 43.5 Å². The van der Waals surface area contributed by atoms with E-state index in [0.29, 0.717) is 25.7 Å². The van der Waals surface area contributed by atoms with Crippen molar-refractivity contribution in [2.24, 2.45) is 0 Å². The van der Waals surface area contributed by atoms with Gasteiger partial charge in [-0.3, -0.25) is 32.5 Å². The molecular formula is C75H126O16P2. The van der Waals surface area contributed by atoms with Crippen molar-refractivity contribution in [3.8, 4) is 0 Å². The zero-order valence-corrected chi connectivity index (χ0v) is 59.4. The molecule has 0 aliphatic heterocycles. The van der Waals surface area contributed by atoms with Crippen LogP contribution in [0.25, 0.3) is 0 Å². The maximum atomic E-state index is 12.9. The molecule has 0 aromatic heterocycles. The van der Waals surface area contributed by atoms with Gasteiger partial charge in [0.2, 0.25) is 0 Å². The van der Waals surface area contributed by atoms with Gasteiger partial charge in [0.1, 0.15) is 25.4 Å². The van der Waals surface area contributed by atoms with Gasteiger partial charge in [0.25, 0.3) is 0 Å². The van der Waals surface area contributed by atoms with E-state index in [0.717, 1.165) is 135 Å². The molecule has 532 valence electrons. The highest BCUT2D eigenvalue weighted by Gasteiger charge is 2.29. The fourth-order valence-electron chi connectivity index (χ4n) is 9.03. The van der Waals surface area contributed by atoms with Crippen LogP contribution in [0.4, 0.5) is 0 Å². The van der Waals surface area contributed by atoms with Crippen molar-refractivity contribution in [3.05, 3.63) is 134 Å². The number of esters is 3. The summed E-state index contributed by atoms with van der Waals surface area (Å²) >= 11 is 0. The molecule has 0 aliphatic carbocycles. The summed E-state index contributed by atoms with van der Waals surface area (Å²) in [5.41, 5.74) is 0. The third-order valence-corrected chi connectivity index (χ3v) is 16.3. The molecular weight excluding hydrogens is 1220 g/mol. The van der Waals surface area contributed by atoms with E-state index in [-0.39, 0.29) is 19.3 Å². The lowest BCUT2D eigenvalue weighted by Gasteiger charge is -2.21. The van der Waals surface area contributed by atoms with Crippen LogP contribution in [0.1, 0.15) is 265 Å². The Balaban J connectivity index is 4.70. The Morgan fingerprint density at radius 1 is 0.312 bits per heavy atom. The summed E-state index contributed by atoms with van der Waals surface area (Å²) in [4.78, 5) is 58.4. The lowest BCUT2D eigenvalue weighted by atomic mass is 10.0. The summed E-state index contributed by atoms with van der Waals surface area (Å²) in [6.07, 6.45) is 79.4. The van der Waals surface area contributed by atoms with Gasteiger partial charge in [-0.15, -0.1) is 0 Å². The first-order chi connectivity index (χ1) is 45.2. The molecule has 0 amide bonds. The van der Waals surface area contributed by atoms with E-state index >= 15 is 0 Å². The quantitative estimate of drug-likeness (QED) is 0.0146. The molecule has 0 saturated carbocycles. The van der Waals surface area contributed by atoms with E-state index in [1.165, 1.54) is 64.2 Å². The van der Waals surface area contributed by atoms with Crippen LogP contribution in [0.5, 0.6) is 0 Å². The largest absolute Gasteiger partial charge is 0.472 e. The number of rotatable bonds is 66. The van der Waals surface area contributed by atoms with E-state index in [1.807, 2.05) is 18.2 Å². The fourth-order valence-corrected chi connectivity index (χ4v) is 10.6. The number of phosphoric ester groups is 2. The van der Waals surface area contributed by atoms with Crippen LogP contribution in [0.15, 0.2) is 134 Å². The average molecular weight is 1350 g/mol. The zero-order chi connectivity index (χ0) is 68.1. The van der Waals surface area contributed by atoms with Gasteiger partial charge >= 0.3 is 33.6 Å². The molecule has 4 N–H and O–H groups in total. The van der Waals surface area contributed by atoms with Crippen molar-refractivity contribution < 1.29 is 75.8 Å². The molecule has 0 fully saturated rings. The van der Waals surface area contributed by atoms with Crippen LogP contribution in [-0.2, 0) is 55.8 Å². The number of aliphatic hydroxyl groups is 2. The number of phosphoric acid groups is 2. The highest BCUT2D eigenvalue weighted by atomic mass is 31.2. The van der Waals surface area contributed by atoms with Crippen LogP contribution in [0, 0.1) is 0 Å². The molecule has 16 nitrogen and oxygen atoms in total. The summed E-state index contributed by atoms with van der Waals surface area (Å²) < 4.78 is 60.9. The Labute approximate surface area is 563 Å². The number of hydrogen-bond donors (Lipinski definition) is 4. The Kier molecular flexibility index (Phi) is 64.5. The number of hydrogen-bond acceptors (Lipinski definition) is 14. The van der Waals surface area contributed by atoms with Crippen LogP contribution in [-0.4, -0.2) is 95.9 Å². The number of ether oxygens (including phenoxy) is 3. The molecule has 93 heavy (non-hydrogen) atoms. The van der Waals surface area contributed by atoms with Crippen LogP contribution < -0.4 is 0 Å². The molecule has 5 unspecified atom stereocenters. The summed E-state index contributed by atoms with van der Waals surface area (Å²) in [6.45, 7) is 2.34. The molecule has 5 atom stereocenters. The van der Waals surface area contributed by atoms with Gasteiger partial charge in [-0.2, -0.15) is 0 Å². The molecule has 18 heteroatoms. The molecule has 0 radical (unpaired) electrons. The smallest absolute Gasteiger partial charge is 0.463 e. The van der Waals surface area contributed by atoms with E-state index < -0.39 is 91.5 Å². The van der Waals surface area contributed by atoms with Gasteiger partial charge in [0.15, 0.2) is 6.10 Å². The molecule has 0 saturated heterocycles.